The number of ether oxygens (including phenoxy) is 1. The molecule has 4 heterocycles. The zero-order valence-electron chi connectivity index (χ0n) is 22.3. The highest BCUT2D eigenvalue weighted by Gasteiger charge is 2.42. The Kier molecular flexibility index (Phi) is 6.43. The van der Waals surface area contributed by atoms with Crippen molar-refractivity contribution in [3.63, 3.8) is 0 Å². The number of fused-ring (bicyclic) bond motifs is 2. The average molecular weight is 554 g/mol. The Hall–Kier alpha value is -3.89. The van der Waals surface area contributed by atoms with Gasteiger partial charge in [-0.3, -0.25) is 9.48 Å². The van der Waals surface area contributed by atoms with Crippen LogP contribution in [0, 0.1) is 11.3 Å². The Morgan fingerprint density at radius 2 is 1.97 bits per heavy atom. The van der Waals surface area contributed by atoms with Gasteiger partial charge in [-0.05, 0) is 63.4 Å². The van der Waals surface area contributed by atoms with E-state index >= 15 is 0 Å². The Morgan fingerprint density at radius 1 is 1.26 bits per heavy atom. The molecule has 0 aliphatic carbocycles. The van der Waals surface area contributed by atoms with Gasteiger partial charge in [-0.1, -0.05) is 0 Å². The number of hydrogen-bond acceptors (Lipinski definition) is 8. The first-order valence-electron chi connectivity index (χ1n) is 12.6. The third-order valence-corrected chi connectivity index (χ3v) is 9.75. The number of likely N-dealkylation sites (tertiary alicyclic amines) is 1. The summed E-state index contributed by atoms with van der Waals surface area (Å²) in [4.78, 5) is 29.6. The lowest BCUT2D eigenvalue weighted by Crippen LogP contribution is -2.48. The fourth-order valence-electron chi connectivity index (χ4n) is 5.50. The minimum Gasteiger partial charge on any atom is -0.453 e. The van der Waals surface area contributed by atoms with Crippen LogP contribution in [0.1, 0.15) is 45.6 Å². The molecule has 2 N–H and O–H groups in total. The Bertz CT molecular complexity index is 1650. The van der Waals surface area contributed by atoms with Crippen molar-refractivity contribution in [1.29, 1.82) is 5.26 Å². The topological polar surface area (TPSA) is 153 Å². The predicted molar refractivity (Wildman–Crippen MR) is 144 cm³/mol. The zero-order valence-corrected chi connectivity index (χ0v) is 23.1. The summed E-state index contributed by atoms with van der Waals surface area (Å²) in [7, 11) is -2.28. The van der Waals surface area contributed by atoms with Crippen LogP contribution in [0.3, 0.4) is 0 Å². The number of rotatable bonds is 4. The number of amides is 1. The maximum atomic E-state index is 13.1. The normalized spacial score (nSPS) is 18.5. The van der Waals surface area contributed by atoms with Gasteiger partial charge in [-0.15, -0.1) is 0 Å². The summed E-state index contributed by atoms with van der Waals surface area (Å²) in [6.07, 6.45) is 2.17. The summed E-state index contributed by atoms with van der Waals surface area (Å²) in [5.41, 5.74) is 0.151. The SMILES string of the molecule is COC(=O)N1CCC(CC#N)(n2nc(Nc3ccc4c(c3)CN(C(C)(C)C)S4(=O)=O)c3c(=O)[nH]ccc32)CC1. The van der Waals surface area contributed by atoms with Gasteiger partial charge in [0.1, 0.15) is 5.39 Å². The van der Waals surface area contributed by atoms with E-state index in [0.717, 1.165) is 0 Å². The maximum Gasteiger partial charge on any atom is 0.409 e. The summed E-state index contributed by atoms with van der Waals surface area (Å²) < 4.78 is 34.2. The van der Waals surface area contributed by atoms with Crippen LogP contribution in [0.25, 0.3) is 10.9 Å². The number of hydrogen-bond donors (Lipinski definition) is 2. The molecule has 2 aliphatic rings. The molecule has 39 heavy (non-hydrogen) atoms. The molecule has 1 saturated heterocycles. The summed E-state index contributed by atoms with van der Waals surface area (Å²) in [5, 5.41) is 18.1. The van der Waals surface area contributed by atoms with Crippen molar-refractivity contribution in [2.75, 3.05) is 25.5 Å². The average Bonchev–Trinajstić information content (AvgIpc) is 3.39. The number of carbonyl (C=O) groups is 1. The lowest BCUT2D eigenvalue weighted by molar-refractivity contribution is 0.0794. The number of anilines is 2. The van der Waals surface area contributed by atoms with E-state index in [1.54, 1.807) is 33.8 Å². The van der Waals surface area contributed by atoms with Crippen LogP contribution < -0.4 is 10.9 Å². The van der Waals surface area contributed by atoms with E-state index in [1.165, 1.54) is 17.6 Å². The van der Waals surface area contributed by atoms with Crippen LogP contribution in [0.5, 0.6) is 0 Å². The molecule has 1 amide bonds. The van der Waals surface area contributed by atoms with E-state index in [1.807, 2.05) is 20.8 Å². The number of carbonyl (C=O) groups excluding carboxylic acids is 1. The summed E-state index contributed by atoms with van der Waals surface area (Å²) in [6, 6.07) is 9.00. The molecular weight excluding hydrogens is 522 g/mol. The van der Waals surface area contributed by atoms with Gasteiger partial charge >= 0.3 is 6.09 Å². The summed E-state index contributed by atoms with van der Waals surface area (Å²) in [5.74, 6) is 0.299. The van der Waals surface area contributed by atoms with Gasteiger partial charge in [0.2, 0.25) is 10.0 Å². The molecule has 13 heteroatoms. The standard InChI is InChI=1S/C26H31N7O5S/c1-25(2,3)32-16-17-15-18(5-6-20(17)39(32,36)37)29-22-21-19(7-12-28-23(21)34)33(30-22)26(8-11-27)9-13-31(14-10-26)24(35)38-4/h5-7,12,15H,8-10,13-14,16H2,1-4H3,(H,28,34)(H,29,30). The molecule has 5 rings (SSSR count). The van der Waals surface area contributed by atoms with Crippen molar-refractivity contribution in [1.82, 2.24) is 24.0 Å². The molecule has 1 fully saturated rings. The van der Waals surface area contributed by atoms with E-state index in [4.69, 9.17) is 9.84 Å². The first-order chi connectivity index (χ1) is 18.4. The molecule has 0 saturated carbocycles. The first-order valence-corrected chi connectivity index (χ1v) is 14.1. The van der Waals surface area contributed by atoms with Crippen LogP contribution in [-0.2, 0) is 26.8 Å². The van der Waals surface area contributed by atoms with Gasteiger partial charge in [0, 0.05) is 37.1 Å². The Labute approximate surface area is 226 Å². The third kappa shape index (κ3) is 4.43. The molecule has 1 aromatic carbocycles. The summed E-state index contributed by atoms with van der Waals surface area (Å²) >= 11 is 0. The lowest BCUT2D eigenvalue weighted by Gasteiger charge is -2.40. The number of sulfonamides is 1. The van der Waals surface area contributed by atoms with Crippen LogP contribution in [0.4, 0.5) is 16.3 Å². The molecule has 0 atom stereocenters. The van der Waals surface area contributed by atoms with Crippen LogP contribution in [-0.4, -0.2) is 64.2 Å². The van der Waals surface area contributed by atoms with Crippen LogP contribution >= 0.6 is 0 Å². The van der Waals surface area contributed by atoms with Gasteiger partial charge in [0.05, 0.1) is 35.6 Å². The Morgan fingerprint density at radius 3 is 2.62 bits per heavy atom. The quantitative estimate of drug-likeness (QED) is 0.499. The Balaban J connectivity index is 1.54. The molecule has 2 aliphatic heterocycles. The number of H-pyrrole nitrogens is 1. The smallest absolute Gasteiger partial charge is 0.409 e. The molecule has 2 aromatic heterocycles. The number of aromatic nitrogens is 3. The van der Waals surface area contributed by atoms with Crippen molar-refractivity contribution in [2.24, 2.45) is 0 Å². The van der Waals surface area contributed by atoms with Gasteiger partial charge in [-0.25, -0.2) is 13.2 Å². The van der Waals surface area contributed by atoms with Gasteiger partial charge in [0.25, 0.3) is 5.56 Å². The fraction of sp³-hybridized carbons (Fsp3) is 0.462. The molecule has 0 spiro atoms. The molecule has 3 aromatic rings. The zero-order chi connectivity index (χ0) is 28.2. The number of nitriles is 1. The molecular formula is C26H31N7O5S. The number of aromatic amines is 1. The second-order valence-electron chi connectivity index (χ2n) is 11.0. The maximum absolute atomic E-state index is 13.1. The van der Waals surface area contributed by atoms with Crippen LogP contribution in [0.15, 0.2) is 40.2 Å². The number of piperidine rings is 1. The van der Waals surface area contributed by atoms with Crippen molar-refractivity contribution >= 4 is 38.5 Å². The first kappa shape index (κ1) is 26.7. The molecule has 0 unspecified atom stereocenters. The number of benzene rings is 1. The molecule has 0 bridgehead atoms. The van der Waals surface area contributed by atoms with Gasteiger partial charge in [-0.2, -0.15) is 14.7 Å². The number of methoxy groups -OCH3 is 1. The minimum absolute atomic E-state index is 0.143. The third-order valence-electron chi connectivity index (χ3n) is 7.54. The largest absolute Gasteiger partial charge is 0.453 e. The van der Waals surface area contributed by atoms with Gasteiger partial charge < -0.3 is 19.9 Å². The van der Waals surface area contributed by atoms with E-state index in [0.29, 0.717) is 53.9 Å². The monoisotopic (exact) mass is 553 g/mol. The number of nitrogens with zero attached hydrogens (tertiary/aromatic N) is 5. The van der Waals surface area contributed by atoms with Crippen molar-refractivity contribution in [3.05, 3.63) is 46.4 Å². The van der Waals surface area contributed by atoms with E-state index in [-0.39, 0.29) is 23.4 Å². The van der Waals surface area contributed by atoms with Crippen molar-refractivity contribution < 1.29 is 17.9 Å². The summed E-state index contributed by atoms with van der Waals surface area (Å²) in [6.45, 7) is 6.57. The van der Waals surface area contributed by atoms with Gasteiger partial charge in [0.15, 0.2) is 5.82 Å². The molecule has 206 valence electrons. The molecule has 0 radical (unpaired) electrons. The lowest BCUT2D eigenvalue weighted by atomic mass is 9.85. The minimum atomic E-state index is -3.61. The van der Waals surface area contributed by atoms with Crippen LogP contribution in [0.2, 0.25) is 0 Å². The van der Waals surface area contributed by atoms with Crippen molar-refractivity contribution in [3.8, 4) is 6.07 Å². The predicted octanol–water partition coefficient (Wildman–Crippen LogP) is 3.24. The second-order valence-corrected chi connectivity index (χ2v) is 12.8. The van der Waals surface area contributed by atoms with E-state index in [2.05, 4.69) is 16.4 Å². The number of nitrogens with one attached hydrogen (secondary N) is 2. The molecule has 12 nitrogen and oxygen atoms in total. The fourth-order valence-corrected chi connectivity index (χ4v) is 7.46. The van der Waals surface area contributed by atoms with Crippen molar-refractivity contribution in [2.45, 2.75) is 62.6 Å². The second kappa shape index (κ2) is 9.39. The van der Waals surface area contributed by atoms with E-state index < -0.39 is 27.2 Å². The van der Waals surface area contributed by atoms with E-state index in [9.17, 15) is 23.3 Å². The number of pyridine rings is 1. The highest BCUT2D eigenvalue weighted by atomic mass is 32.2. The highest BCUT2D eigenvalue weighted by molar-refractivity contribution is 7.89. The highest BCUT2D eigenvalue weighted by Crippen LogP contribution is 2.39.